The first-order chi connectivity index (χ1) is 6.59. The third kappa shape index (κ3) is 3.22. The minimum absolute atomic E-state index is 0.0461. The zero-order chi connectivity index (χ0) is 10.6. The predicted octanol–water partition coefficient (Wildman–Crippen LogP) is 2.64. The van der Waals surface area contributed by atoms with Crippen molar-refractivity contribution in [2.75, 3.05) is 0 Å². The molecule has 4 heteroatoms. The van der Waals surface area contributed by atoms with Gasteiger partial charge in [-0.05, 0) is 12.1 Å². The second kappa shape index (κ2) is 4.81. The molecule has 0 saturated carbocycles. The summed E-state index contributed by atoms with van der Waals surface area (Å²) in [6, 6.07) is 5.04. The monoisotopic (exact) mass is 256 g/mol. The summed E-state index contributed by atoms with van der Waals surface area (Å²) in [5.74, 6) is -0.765. The van der Waals surface area contributed by atoms with Gasteiger partial charge in [0.1, 0.15) is 5.75 Å². The topological polar surface area (TPSA) is 57.5 Å². The lowest BCUT2D eigenvalue weighted by atomic mass is 10.2. The molecule has 0 aliphatic rings. The van der Waals surface area contributed by atoms with E-state index < -0.39 is 5.97 Å². The summed E-state index contributed by atoms with van der Waals surface area (Å²) in [5, 5.41) is 17.8. The van der Waals surface area contributed by atoms with E-state index in [4.69, 9.17) is 5.11 Å². The van der Waals surface area contributed by atoms with Crippen molar-refractivity contribution in [3.05, 3.63) is 34.3 Å². The van der Waals surface area contributed by atoms with E-state index >= 15 is 0 Å². The van der Waals surface area contributed by atoms with E-state index in [0.29, 0.717) is 5.56 Å². The summed E-state index contributed by atoms with van der Waals surface area (Å²) < 4.78 is 0.783. The second-order valence-corrected chi connectivity index (χ2v) is 3.62. The van der Waals surface area contributed by atoms with Crippen molar-refractivity contribution in [3.63, 3.8) is 0 Å². The van der Waals surface area contributed by atoms with Gasteiger partial charge in [-0.25, -0.2) is 0 Å². The van der Waals surface area contributed by atoms with Gasteiger partial charge in [0.05, 0.1) is 6.42 Å². The van der Waals surface area contributed by atoms with Gasteiger partial charge in [0.25, 0.3) is 0 Å². The average Bonchev–Trinajstić information content (AvgIpc) is 2.08. The zero-order valence-corrected chi connectivity index (χ0v) is 8.86. The highest BCUT2D eigenvalue weighted by atomic mass is 79.9. The van der Waals surface area contributed by atoms with Crippen molar-refractivity contribution in [1.29, 1.82) is 0 Å². The molecule has 0 atom stereocenters. The molecule has 1 rings (SSSR count). The standard InChI is InChI=1S/C10H9BrO3/c11-8-5-4-7(9(12)6-8)2-1-3-10(13)14/h1-2,4-6,12H,3H2,(H,13,14). The number of rotatable bonds is 3. The van der Waals surface area contributed by atoms with Gasteiger partial charge in [-0.3, -0.25) is 4.79 Å². The molecule has 0 heterocycles. The molecule has 0 bridgehead atoms. The Labute approximate surface area is 89.8 Å². The molecule has 74 valence electrons. The van der Waals surface area contributed by atoms with Crippen LogP contribution in [0, 0.1) is 0 Å². The average molecular weight is 257 g/mol. The number of carbonyl (C=O) groups is 1. The van der Waals surface area contributed by atoms with Crippen molar-refractivity contribution in [3.8, 4) is 5.75 Å². The van der Waals surface area contributed by atoms with Crippen LogP contribution in [-0.4, -0.2) is 16.2 Å². The highest BCUT2D eigenvalue weighted by molar-refractivity contribution is 9.10. The normalized spacial score (nSPS) is 10.6. The van der Waals surface area contributed by atoms with Crippen molar-refractivity contribution in [2.24, 2.45) is 0 Å². The van der Waals surface area contributed by atoms with E-state index in [2.05, 4.69) is 15.9 Å². The van der Waals surface area contributed by atoms with Crippen LogP contribution < -0.4 is 0 Å². The third-order valence-corrected chi connectivity index (χ3v) is 2.08. The van der Waals surface area contributed by atoms with Crippen LogP contribution in [-0.2, 0) is 4.79 Å². The largest absolute Gasteiger partial charge is 0.507 e. The minimum Gasteiger partial charge on any atom is -0.507 e. The summed E-state index contributed by atoms with van der Waals surface area (Å²) >= 11 is 3.21. The first-order valence-corrected chi connectivity index (χ1v) is 4.76. The smallest absolute Gasteiger partial charge is 0.307 e. The first kappa shape index (κ1) is 10.8. The molecule has 14 heavy (non-hydrogen) atoms. The summed E-state index contributed by atoms with van der Waals surface area (Å²) in [4.78, 5) is 10.2. The molecule has 0 spiro atoms. The molecule has 0 radical (unpaired) electrons. The van der Waals surface area contributed by atoms with Crippen molar-refractivity contribution in [2.45, 2.75) is 6.42 Å². The van der Waals surface area contributed by atoms with Gasteiger partial charge >= 0.3 is 5.97 Å². The summed E-state index contributed by atoms with van der Waals surface area (Å²) in [6.45, 7) is 0. The van der Waals surface area contributed by atoms with Gasteiger partial charge in [-0.2, -0.15) is 0 Å². The lowest BCUT2D eigenvalue weighted by molar-refractivity contribution is -0.135. The Hall–Kier alpha value is -1.29. The molecular formula is C10H9BrO3. The summed E-state index contributed by atoms with van der Waals surface area (Å²) in [5.41, 5.74) is 0.606. The Balaban J connectivity index is 2.76. The number of hydrogen-bond donors (Lipinski definition) is 2. The van der Waals surface area contributed by atoms with E-state index in [-0.39, 0.29) is 12.2 Å². The molecule has 1 aromatic rings. The molecule has 0 aliphatic carbocycles. The second-order valence-electron chi connectivity index (χ2n) is 2.70. The van der Waals surface area contributed by atoms with Crippen LogP contribution >= 0.6 is 15.9 Å². The number of phenols is 1. The quantitative estimate of drug-likeness (QED) is 0.875. The van der Waals surface area contributed by atoms with E-state index in [0.717, 1.165) is 4.47 Å². The number of aliphatic carboxylic acids is 1. The van der Waals surface area contributed by atoms with Gasteiger partial charge in [-0.1, -0.05) is 34.1 Å². The Kier molecular flexibility index (Phi) is 3.71. The molecule has 0 amide bonds. The maximum absolute atomic E-state index is 10.2. The van der Waals surface area contributed by atoms with Gasteiger partial charge in [-0.15, -0.1) is 0 Å². The first-order valence-electron chi connectivity index (χ1n) is 3.96. The lowest BCUT2D eigenvalue weighted by Gasteiger charge is -1.98. The van der Waals surface area contributed by atoms with E-state index in [1.165, 1.54) is 6.08 Å². The van der Waals surface area contributed by atoms with Gasteiger partial charge in [0.2, 0.25) is 0 Å². The lowest BCUT2D eigenvalue weighted by Crippen LogP contribution is -1.89. The van der Waals surface area contributed by atoms with Crippen LogP contribution in [0.5, 0.6) is 5.75 Å². The molecule has 0 aliphatic heterocycles. The van der Waals surface area contributed by atoms with Crippen molar-refractivity contribution in [1.82, 2.24) is 0 Å². The number of hydrogen-bond acceptors (Lipinski definition) is 2. The number of carboxylic acids is 1. The third-order valence-electron chi connectivity index (χ3n) is 1.58. The Morgan fingerprint density at radius 3 is 2.79 bits per heavy atom. The van der Waals surface area contributed by atoms with E-state index in [1.807, 2.05) is 0 Å². The fraction of sp³-hybridized carbons (Fsp3) is 0.100. The van der Waals surface area contributed by atoms with Crippen LogP contribution in [0.3, 0.4) is 0 Å². The van der Waals surface area contributed by atoms with Gasteiger partial charge < -0.3 is 10.2 Å². The van der Waals surface area contributed by atoms with Gasteiger partial charge in [0.15, 0.2) is 0 Å². The molecule has 2 N–H and O–H groups in total. The van der Waals surface area contributed by atoms with Crippen LogP contribution in [0.15, 0.2) is 28.7 Å². The highest BCUT2D eigenvalue weighted by Crippen LogP contribution is 2.23. The van der Waals surface area contributed by atoms with E-state index in [1.54, 1.807) is 24.3 Å². The van der Waals surface area contributed by atoms with E-state index in [9.17, 15) is 9.90 Å². The summed E-state index contributed by atoms with van der Waals surface area (Å²) in [7, 11) is 0. The Bertz CT molecular complexity index is 372. The molecule has 3 nitrogen and oxygen atoms in total. The number of halogens is 1. The molecule has 1 aromatic carbocycles. The molecule has 0 saturated heterocycles. The number of aromatic hydroxyl groups is 1. The zero-order valence-electron chi connectivity index (χ0n) is 7.27. The maximum atomic E-state index is 10.2. The molecule has 0 aromatic heterocycles. The molecule has 0 fully saturated rings. The van der Waals surface area contributed by atoms with Crippen molar-refractivity contribution >= 4 is 28.0 Å². The minimum atomic E-state index is -0.891. The predicted molar refractivity (Wildman–Crippen MR) is 57.1 cm³/mol. The van der Waals surface area contributed by atoms with Gasteiger partial charge in [0, 0.05) is 10.0 Å². The van der Waals surface area contributed by atoms with Crippen LogP contribution in [0.1, 0.15) is 12.0 Å². The highest BCUT2D eigenvalue weighted by Gasteiger charge is 1.97. The fourth-order valence-electron chi connectivity index (χ4n) is 0.944. The maximum Gasteiger partial charge on any atom is 0.307 e. The van der Waals surface area contributed by atoms with Crippen LogP contribution in [0.25, 0.3) is 6.08 Å². The molecule has 0 unspecified atom stereocenters. The van der Waals surface area contributed by atoms with Crippen molar-refractivity contribution < 1.29 is 15.0 Å². The number of carboxylic acid groups (broad SMARTS) is 1. The fourth-order valence-corrected chi connectivity index (χ4v) is 1.29. The Morgan fingerprint density at radius 1 is 1.50 bits per heavy atom. The SMILES string of the molecule is O=C(O)CC=Cc1ccc(Br)cc1O. The Morgan fingerprint density at radius 2 is 2.21 bits per heavy atom. The molecular weight excluding hydrogens is 248 g/mol. The number of benzene rings is 1. The number of phenolic OH excluding ortho intramolecular Hbond substituents is 1. The summed E-state index contributed by atoms with van der Waals surface area (Å²) in [6.07, 6.45) is 3.02. The van der Waals surface area contributed by atoms with Crippen LogP contribution in [0.2, 0.25) is 0 Å². The van der Waals surface area contributed by atoms with Crippen LogP contribution in [0.4, 0.5) is 0 Å².